The van der Waals surface area contributed by atoms with E-state index in [9.17, 15) is 4.79 Å². The first-order chi connectivity index (χ1) is 21.1. The molecule has 0 amide bonds. The summed E-state index contributed by atoms with van der Waals surface area (Å²) in [6.45, 7) is 30.8. The van der Waals surface area contributed by atoms with Gasteiger partial charge in [-0.1, -0.05) is 123 Å². The molecule has 0 radical (unpaired) electrons. The number of hydrogen-bond acceptors (Lipinski definition) is 3. The van der Waals surface area contributed by atoms with Gasteiger partial charge in [-0.05, 0) is 109 Å². The maximum Gasteiger partial charge on any atom is 0.142 e. The van der Waals surface area contributed by atoms with Crippen LogP contribution in [-0.2, 0) is 11.2 Å². The van der Waals surface area contributed by atoms with Crippen molar-refractivity contribution in [3.05, 3.63) is 58.7 Å². The highest BCUT2D eigenvalue weighted by molar-refractivity contribution is 5.87. The monoisotopic (exact) mass is 611 g/mol. The number of carbonyl (C=O) groups excluding carboxylic acids is 1. The molecular weight excluding hydrogens is 536 g/mol. The third kappa shape index (κ3) is 15.8. The molecule has 2 unspecified atom stereocenters. The first-order valence-electron chi connectivity index (χ1n) is 18.2. The molecule has 0 N–H and O–H groups in total. The number of rotatable bonds is 10. The molecule has 0 aromatic heterocycles. The number of piperidine rings is 1. The fourth-order valence-electron chi connectivity index (χ4n) is 6.04. The summed E-state index contributed by atoms with van der Waals surface area (Å²) >= 11 is 0. The number of carbonyl (C=O) groups is 1. The molecule has 3 nitrogen and oxygen atoms in total. The van der Waals surface area contributed by atoms with Crippen LogP contribution >= 0.6 is 0 Å². The van der Waals surface area contributed by atoms with Gasteiger partial charge in [0, 0.05) is 24.1 Å². The van der Waals surface area contributed by atoms with Crippen molar-refractivity contribution in [2.45, 2.75) is 148 Å². The predicted octanol–water partition coefficient (Wildman–Crippen LogP) is 11.8. The lowest BCUT2D eigenvalue weighted by molar-refractivity contribution is -0.138. The van der Waals surface area contributed by atoms with Gasteiger partial charge in [0.05, 0.1) is 0 Å². The Kier molecular flexibility index (Phi) is 26.3. The molecule has 1 aliphatic carbocycles. The summed E-state index contributed by atoms with van der Waals surface area (Å²) in [5.41, 5.74) is 6.74. The maximum absolute atomic E-state index is 13.4. The van der Waals surface area contributed by atoms with Gasteiger partial charge in [-0.25, -0.2) is 0 Å². The second kappa shape index (κ2) is 26.2. The van der Waals surface area contributed by atoms with Gasteiger partial charge in [-0.15, -0.1) is 0 Å². The molecule has 1 fully saturated rings. The number of aryl methyl sites for hydroxylation is 3. The van der Waals surface area contributed by atoms with Crippen molar-refractivity contribution in [3.63, 3.8) is 0 Å². The number of benzene rings is 1. The van der Waals surface area contributed by atoms with Crippen LogP contribution in [0.15, 0.2) is 47.0 Å². The molecule has 1 aromatic rings. The van der Waals surface area contributed by atoms with Crippen molar-refractivity contribution in [1.82, 2.24) is 4.90 Å². The summed E-state index contributed by atoms with van der Waals surface area (Å²) in [5.74, 6) is 1.15. The maximum atomic E-state index is 13.4. The molecule has 1 saturated heterocycles. The second-order valence-electron chi connectivity index (χ2n) is 12.2. The van der Waals surface area contributed by atoms with Crippen LogP contribution in [0.5, 0.6) is 0 Å². The van der Waals surface area contributed by atoms with Crippen LogP contribution in [0.1, 0.15) is 144 Å². The third-order valence-electron chi connectivity index (χ3n) is 8.85. The molecule has 2 aliphatic rings. The lowest BCUT2D eigenvalue weighted by atomic mass is 9.61. The topological polar surface area (TPSA) is 32.7 Å². The highest BCUT2D eigenvalue weighted by Crippen LogP contribution is 2.46. The molecule has 2 atom stereocenters. The SMILES string of the molecule is CC.CC.CCC(C)=NC.CCCC(C)C(=O)C1(C2C=CC(C)=CC2)CCN(CCC)CC1.CCCc1ccc(C)cc1C. The number of likely N-dealkylation sites (tertiary alicyclic amines) is 1. The zero-order chi connectivity index (χ0) is 34.1. The fraction of sp³-hybridized carbons (Fsp3) is 0.707. The average Bonchev–Trinajstić information content (AvgIpc) is 3.05. The number of aliphatic imine (C=N–C) groups is 1. The van der Waals surface area contributed by atoms with E-state index in [0.29, 0.717) is 11.7 Å². The molecule has 0 bridgehead atoms. The lowest BCUT2D eigenvalue weighted by Gasteiger charge is -2.46. The number of allylic oxidation sites excluding steroid dienone is 4. The minimum Gasteiger partial charge on any atom is -0.303 e. The van der Waals surface area contributed by atoms with E-state index in [1.165, 1.54) is 53.8 Å². The molecule has 254 valence electrons. The zero-order valence-corrected chi connectivity index (χ0v) is 31.9. The Morgan fingerprint density at radius 2 is 1.59 bits per heavy atom. The van der Waals surface area contributed by atoms with Crippen LogP contribution in [0, 0.1) is 31.1 Å². The van der Waals surface area contributed by atoms with Crippen LogP contribution in [0.25, 0.3) is 0 Å². The smallest absolute Gasteiger partial charge is 0.142 e. The van der Waals surface area contributed by atoms with Gasteiger partial charge in [0.25, 0.3) is 0 Å². The first-order valence-corrected chi connectivity index (χ1v) is 18.2. The van der Waals surface area contributed by atoms with Gasteiger partial charge in [-0.3, -0.25) is 9.79 Å². The Hall–Kier alpha value is -2.00. The van der Waals surface area contributed by atoms with Crippen molar-refractivity contribution >= 4 is 11.5 Å². The summed E-state index contributed by atoms with van der Waals surface area (Å²) in [6, 6.07) is 6.69. The zero-order valence-electron chi connectivity index (χ0n) is 31.9. The van der Waals surface area contributed by atoms with Crippen LogP contribution in [-0.4, -0.2) is 43.1 Å². The van der Waals surface area contributed by atoms with Gasteiger partial charge < -0.3 is 4.90 Å². The molecular formula is C41H74N2O. The summed E-state index contributed by atoms with van der Waals surface area (Å²) < 4.78 is 0. The van der Waals surface area contributed by atoms with Gasteiger partial charge in [-0.2, -0.15) is 0 Å². The van der Waals surface area contributed by atoms with Crippen molar-refractivity contribution in [2.24, 2.45) is 22.2 Å². The summed E-state index contributed by atoms with van der Waals surface area (Å²) in [5, 5.41) is 0. The van der Waals surface area contributed by atoms with Crippen molar-refractivity contribution in [3.8, 4) is 0 Å². The quantitative estimate of drug-likeness (QED) is 0.247. The van der Waals surface area contributed by atoms with Gasteiger partial charge >= 0.3 is 0 Å². The van der Waals surface area contributed by atoms with E-state index < -0.39 is 0 Å². The minimum atomic E-state index is -0.119. The van der Waals surface area contributed by atoms with E-state index in [2.05, 4.69) is 102 Å². The van der Waals surface area contributed by atoms with E-state index in [-0.39, 0.29) is 11.3 Å². The fourth-order valence-corrected chi connectivity index (χ4v) is 6.04. The number of Topliss-reactive ketones (excluding diaryl/α,β-unsaturated/α-hetero) is 1. The molecule has 0 saturated carbocycles. The summed E-state index contributed by atoms with van der Waals surface area (Å²) in [6.07, 6.45) is 16.9. The van der Waals surface area contributed by atoms with Crippen LogP contribution in [0.3, 0.4) is 0 Å². The Morgan fingerprint density at radius 1 is 0.977 bits per heavy atom. The largest absolute Gasteiger partial charge is 0.303 e. The van der Waals surface area contributed by atoms with Crippen LogP contribution in [0.2, 0.25) is 0 Å². The summed E-state index contributed by atoms with van der Waals surface area (Å²) in [7, 11) is 1.82. The van der Waals surface area contributed by atoms with E-state index in [1.54, 1.807) is 0 Å². The van der Waals surface area contributed by atoms with Gasteiger partial charge in [0.15, 0.2) is 0 Å². The number of ketones is 1. The molecule has 1 heterocycles. The Morgan fingerprint density at radius 3 is 2.00 bits per heavy atom. The molecule has 0 spiro atoms. The normalized spacial score (nSPS) is 18.0. The average molecular weight is 611 g/mol. The third-order valence-corrected chi connectivity index (χ3v) is 8.85. The van der Waals surface area contributed by atoms with Crippen molar-refractivity contribution < 1.29 is 4.79 Å². The second-order valence-corrected chi connectivity index (χ2v) is 12.2. The highest BCUT2D eigenvalue weighted by Gasteiger charge is 2.47. The van der Waals surface area contributed by atoms with Crippen LogP contribution < -0.4 is 0 Å². The molecule has 1 aromatic carbocycles. The predicted molar refractivity (Wildman–Crippen MR) is 200 cm³/mol. The molecule has 3 rings (SSSR count). The number of nitrogens with zero attached hydrogens (tertiary/aromatic N) is 2. The first kappa shape index (κ1) is 44.1. The Balaban J connectivity index is 0. The molecule has 1 aliphatic heterocycles. The highest BCUT2D eigenvalue weighted by atomic mass is 16.1. The van der Waals surface area contributed by atoms with Crippen molar-refractivity contribution in [2.75, 3.05) is 26.7 Å². The van der Waals surface area contributed by atoms with Crippen LogP contribution in [0.4, 0.5) is 0 Å². The van der Waals surface area contributed by atoms with E-state index >= 15 is 0 Å². The van der Waals surface area contributed by atoms with E-state index in [0.717, 1.165) is 51.6 Å². The van der Waals surface area contributed by atoms with Crippen molar-refractivity contribution in [1.29, 1.82) is 0 Å². The lowest BCUT2D eigenvalue weighted by Crippen LogP contribution is -2.50. The van der Waals surface area contributed by atoms with Gasteiger partial charge in [0.2, 0.25) is 0 Å². The standard InChI is InChI=1S/C21H35NO.C11H16.C5H11N.2C2H6/c1-5-7-18(4)20(23)21(19-10-8-17(3)9-11-19)12-15-22(14-6-2)16-13-21;1-4-5-11-7-6-9(2)8-10(11)3;1-4-5(2)6-3;2*1-2/h8-10,18-19H,5-7,11-16H2,1-4H3;6-8H,4-5H2,1-3H3;4H2,1-3H3;2*1-2H3. The Labute approximate surface area is 276 Å². The Bertz CT molecular complexity index is 963. The van der Waals surface area contributed by atoms with E-state index in [1.807, 2.05) is 41.7 Å². The summed E-state index contributed by atoms with van der Waals surface area (Å²) in [4.78, 5) is 19.9. The number of hydrogen-bond donors (Lipinski definition) is 0. The molecule has 3 heteroatoms. The minimum absolute atomic E-state index is 0.119. The van der Waals surface area contributed by atoms with Gasteiger partial charge in [0.1, 0.15) is 5.78 Å². The molecule has 44 heavy (non-hydrogen) atoms. The van der Waals surface area contributed by atoms with E-state index in [4.69, 9.17) is 0 Å².